The maximum atomic E-state index is 5.31. The van der Waals surface area contributed by atoms with Gasteiger partial charge in [0, 0.05) is 24.9 Å². The number of rotatable bonds is 5. The third-order valence-corrected chi connectivity index (χ3v) is 4.10. The molecule has 1 N–H and O–H groups in total. The molecule has 3 heterocycles. The van der Waals surface area contributed by atoms with E-state index in [2.05, 4.69) is 25.0 Å². The molecular weight excluding hydrogens is 274 g/mol. The molecule has 1 atom stereocenters. The number of H-pyrrole nitrogens is 1. The van der Waals surface area contributed by atoms with Crippen molar-refractivity contribution in [3.63, 3.8) is 0 Å². The number of hydrogen-bond acceptors (Lipinski definition) is 6. The van der Waals surface area contributed by atoms with Crippen molar-refractivity contribution in [1.29, 1.82) is 0 Å². The molecule has 0 aromatic carbocycles. The Morgan fingerprint density at radius 3 is 3.30 bits per heavy atom. The summed E-state index contributed by atoms with van der Waals surface area (Å²) in [6, 6.07) is 0. The Morgan fingerprint density at radius 1 is 1.55 bits per heavy atom. The zero-order valence-electron chi connectivity index (χ0n) is 11.6. The molecule has 108 valence electrons. The van der Waals surface area contributed by atoms with Crippen LogP contribution in [0.15, 0.2) is 16.9 Å². The van der Waals surface area contributed by atoms with Crippen LogP contribution in [-0.4, -0.2) is 44.4 Å². The maximum Gasteiger partial charge on any atom is 0.240 e. The van der Waals surface area contributed by atoms with Crippen LogP contribution >= 0.6 is 11.8 Å². The van der Waals surface area contributed by atoms with E-state index in [4.69, 9.17) is 4.52 Å². The first-order valence-electron chi connectivity index (χ1n) is 6.87. The number of likely N-dealkylation sites (tertiary alicyclic amines) is 1. The van der Waals surface area contributed by atoms with Gasteiger partial charge in [-0.3, -0.25) is 4.90 Å². The van der Waals surface area contributed by atoms with Crippen molar-refractivity contribution in [2.45, 2.75) is 31.1 Å². The normalized spacial score (nSPS) is 20.4. The van der Waals surface area contributed by atoms with E-state index in [9.17, 15) is 0 Å². The van der Waals surface area contributed by atoms with Crippen molar-refractivity contribution in [1.82, 2.24) is 25.0 Å². The van der Waals surface area contributed by atoms with Crippen LogP contribution in [0.4, 0.5) is 0 Å². The van der Waals surface area contributed by atoms with Gasteiger partial charge in [0.05, 0.1) is 12.3 Å². The molecule has 0 saturated carbocycles. The highest BCUT2D eigenvalue weighted by Crippen LogP contribution is 2.25. The van der Waals surface area contributed by atoms with Crippen molar-refractivity contribution in [3.05, 3.63) is 29.9 Å². The highest BCUT2D eigenvalue weighted by atomic mass is 32.2. The lowest BCUT2D eigenvalue weighted by Crippen LogP contribution is -2.34. The Balaban J connectivity index is 1.59. The molecule has 2 aromatic heterocycles. The van der Waals surface area contributed by atoms with Crippen molar-refractivity contribution in [3.8, 4) is 0 Å². The first-order valence-corrected chi connectivity index (χ1v) is 8.26. The maximum absolute atomic E-state index is 5.31. The summed E-state index contributed by atoms with van der Waals surface area (Å²) in [7, 11) is 0. The molecule has 3 rings (SSSR count). The highest BCUT2D eigenvalue weighted by Gasteiger charge is 2.24. The predicted octanol–water partition coefficient (Wildman–Crippen LogP) is 2.04. The molecule has 6 nitrogen and oxygen atoms in total. The number of imidazole rings is 1. The quantitative estimate of drug-likeness (QED) is 0.909. The molecule has 20 heavy (non-hydrogen) atoms. The fourth-order valence-electron chi connectivity index (χ4n) is 2.66. The summed E-state index contributed by atoms with van der Waals surface area (Å²) in [6.45, 7) is 2.81. The summed E-state index contributed by atoms with van der Waals surface area (Å²) in [5.41, 5.74) is 0. The summed E-state index contributed by atoms with van der Waals surface area (Å²) in [4.78, 5) is 14.4. The second kappa shape index (κ2) is 6.41. The van der Waals surface area contributed by atoms with Crippen LogP contribution in [0.1, 0.15) is 36.3 Å². The molecule has 0 amide bonds. The lowest BCUT2D eigenvalue weighted by Gasteiger charge is -2.30. The lowest BCUT2D eigenvalue weighted by molar-refractivity contribution is 0.174. The van der Waals surface area contributed by atoms with Gasteiger partial charge in [-0.1, -0.05) is 5.16 Å². The van der Waals surface area contributed by atoms with Crippen LogP contribution < -0.4 is 0 Å². The van der Waals surface area contributed by atoms with Crippen LogP contribution in [0.25, 0.3) is 0 Å². The minimum absolute atomic E-state index is 0.479. The van der Waals surface area contributed by atoms with Gasteiger partial charge in [0.1, 0.15) is 5.82 Å². The standard InChI is InChI=1S/C13H19N5OS/c1-20-9-11-16-12(19-17-11)8-18-6-2-3-10(7-18)13-14-4-5-15-13/h4-5,10H,2-3,6-9H2,1H3,(H,14,15)/t10-/m0/s1. The fraction of sp³-hybridized carbons (Fsp3) is 0.615. The molecule has 1 fully saturated rings. The average Bonchev–Trinajstić information content (AvgIpc) is 3.11. The number of hydrogen-bond donors (Lipinski definition) is 1. The van der Waals surface area contributed by atoms with E-state index in [1.807, 2.05) is 18.6 Å². The second-order valence-corrected chi connectivity index (χ2v) is 5.95. The molecule has 0 aliphatic carbocycles. The third kappa shape index (κ3) is 3.21. The molecule has 0 radical (unpaired) electrons. The molecule has 2 aromatic rings. The summed E-state index contributed by atoms with van der Waals surface area (Å²) < 4.78 is 5.31. The van der Waals surface area contributed by atoms with Crippen LogP contribution in [0.3, 0.4) is 0 Å². The zero-order valence-corrected chi connectivity index (χ0v) is 12.4. The van der Waals surface area contributed by atoms with Gasteiger partial charge in [0.2, 0.25) is 5.89 Å². The minimum Gasteiger partial charge on any atom is -0.348 e. The monoisotopic (exact) mass is 293 g/mol. The van der Waals surface area contributed by atoms with Gasteiger partial charge in [-0.25, -0.2) is 4.98 Å². The third-order valence-electron chi connectivity index (χ3n) is 3.55. The SMILES string of the molecule is CSCc1noc(CN2CCC[C@H](c3ncc[nH]3)C2)n1. The van der Waals surface area contributed by atoms with Gasteiger partial charge >= 0.3 is 0 Å². The number of nitrogens with one attached hydrogen (secondary N) is 1. The Hall–Kier alpha value is -1.34. The van der Waals surface area contributed by atoms with E-state index < -0.39 is 0 Å². The second-order valence-electron chi connectivity index (χ2n) is 5.09. The first kappa shape index (κ1) is 13.6. The number of aromatic nitrogens is 4. The van der Waals surface area contributed by atoms with Gasteiger partial charge < -0.3 is 9.51 Å². The molecule has 0 spiro atoms. The number of piperidine rings is 1. The number of nitrogens with zero attached hydrogens (tertiary/aromatic N) is 4. The molecule has 0 bridgehead atoms. The van der Waals surface area contributed by atoms with E-state index in [0.717, 1.165) is 37.0 Å². The van der Waals surface area contributed by atoms with E-state index >= 15 is 0 Å². The van der Waals surface area contributed by atoms with Gasteiger partial charge in [-0.15, -0.1) is 0 Å². The molecule has 1 aliphatic rings. The predicted molar refractivity (Wildman–Crippen MR) is 77.4 cm³/mol. The summed E-state index contributed by atoms with van der Waals surface area (Å²) in [5.74, 6) is 3.87. The largest absolute Gasteiger partial charge is 0.348 e. The van der Waals surface area contributed by atoms with Crippen LogP contribution in [0.5, 0.6) is 0 Å². The van der Waals surface area contributed by atoms with Crippen molar-refractivity contribution < 1.29 is 4.52 Å². The Labute approximate surface area is 122 Å². The van der Waals surface area contributed by atoms with Gasteiger partial charge in [-0.2, -0.15) is 16.7 Å². The van der Waals surface area contributed by atoms with Crippen molar-refractivity contribution in [2.24, 2.45) is 0 Å². The smallest absolute Gasteiger partial charge is 0.240 e. The van der Waals surface area contributed by atoms with Crippen molar-refractivity contribution in [2.75, 3.05) is 19.3 Å². The number of thioether (sulfide) groups is 1. The topological polar surface area (TPSA) is 70.8 Å². The summed E-state index contributed by atoms with van der Waals surface area (Å²) in [6.07, 6.45) is 8.11. The minimum atomic E-state index is 0.479. The lowest BCUT2D eigenvalue weighted by atomic mass is 9.97. The van der Waals surface area contributed by atoms with E-state index in [1.165, 1.54) is 12.8 Å². The first-order chi connectivity index (χ1) is 9.85. The van der Waals surface area contributed by atoms with Crippen LogP contribution in [0, 0.1) is 0 Å². The summed E-state index contributed by atoms with van der Waals surface area (Å²) in [5, 5.41) is 3.99. The zero-order chi connectivity index (χ0) is 13.8. The fourth-order valence-corrected chi connectivity index (χ4v) is 3.03. The van der Waals surface area contributed by atoms with E-state index in [0.29, 0.717) is 11.8 Å². The van der Waals surface area contributed by atoms with Crippen molar-refractivity contribution >= 4 is 11.8 Å². The molecular formula is C13H19N5OS. The molecule has 0 unspecified atom stereocenters. The van der Waals surface area contributed by atoms with Gasteiger partial charge in [0.15, 0.2) is 5.82 Å². The molecule has 1 aliphatic heterocycles. The van der Waals surface area contributed by atoms with Crippen LogP contribution in [-0.2, 0) is 12.3 Å². The van der Waals surface area contributed by atoms with E-state index in [1.54, 1.807) is 11.8 Å². The Bertz CT molecular complexity index is 527. The number of aromatic amines is 1. The van der Waals surface area contributed by atoms with Crippen LogP contribution in [0.2, 0.25) is 0 Å². The van der Waals surface area contributed by atoms with Gasteiger partial charge in [-0.05, 0) is 25.6 Å². The summed E-state index contributed by atoms with van der Waals surface area (Å²) >= 11 is 1.70. The molecule has 1 saturated heterocycles. The average molecular weight is 293 g/mol. The Kier molecular flexibility index (Phi) is 4.37. The highest BCUT2D eigenvalue weighted by molar-refractivity contribution is 7.97. The van der Waals surface area contributed by atoms with E-state index in [-0.39, 0.29) is 0 Å². The Morgan fingerprint density at radius 2 is 2.50 bits per heavy atom. The van der Waals surface area contributed by atoms with Gasteiger partial charge in [0.25, 0.3) is 0 Å². The molecule has 7 heteroatoms.